The van der Waals surface area contributed by atoms with Crippen molar-refractivity contribution in [3.8, 4) is 5.69 Å². The number of amides is 1. The first-order valence-electron chi connectivity index (χ1n) is 7.57. The summed E-state index contributed by atoms with van der Waals surface area (Å²) in [5.74, 6) is -0.00642. The molecule has 1 saturated heterocycles. The lowest BCUT2D eigenvalue weighted by molar-refractivity contribution is 0.0628. The fourth-order valence-corrected chi connectivity index (χ4v) is 3.07. The van der Waals surface area contributed by atoms with Gasteiger partial charge >= 0.3 is 0 Å². The zero-order valence-corrected chi connectivity index (χ0v) is 14.4. The summed E-state index contributed by atoms with van der Waals surface area (Å²) in [7, 11) is 0. The van der Waals surface area contributed by atoms with Crippen LogP contribution in [0.15, 0.2) is 28.7 Å². The van der Waals surface area contributed by atoms with Crippen molar-refractivity contribution in [3.05, 3.63) is 40.1 Å². The van der Waals surface area contributed by atoms with Gasteiger partial charge in [0.1, 0.15) is 0 Å². The molecule has 2 heterocycles. The molecular formula is C16H19BrN4O. The molecular weight excluding hydrogens is 344 g/mol. The lowest BCUT2D eigenvalue weighted by Crippen LogP contribution is -2.42. The van der Waals surface area contributed by atoms with E-state index >= 15 is 0 Å². The number of carbonyl (C=O) groups is 1. The van der Waals surface area contributed by atoms with Gasteiger partial charge in [-0.2, -0.15) is 9.90 Å². The van der Waals surface area contributed by atoms with Gasteiger partial charge in [0.15, 0.2) is 5.69 Å². The number of halogens is 1. The summed E-state index contributed by atoms with van der Waals surface area (Å²) in [5, 5.41) is 8.81. The van der Waals surface area contributed by atoms with E-state index in [4.69, 9.17) is 0 Å². The number of carbonyl (C=O) groups excluding carboxylic acids is 1. The predicted octanol–water partition coefficient (Wildman–Crippen LogP) is 3.35. The number of nitrogens with zero attached hydrogens (tertiary/aromatic N) is 4. The maximum absolute atomic E-state index is 12.7. The molecule has 0 aliphatic carbocycles. The molecule has 1 atom stereocenters. The summed E-state index contributed by atoms with van der Waals surface area (Å²) in [4.78, 5) is 16.2. The van der Waals surface area contributed by atoms with Gasteiger partial charge in [0.2, 0.25) is 0 Å². The predicted molar refractivity (Wildman–Crippen MR) is 88.1 cm³/mol. The van der Waals surface area contributed by atoms with E-state index in [1.54, 1.807) is 0 Å². The molecule has 0 spiro atoms. The first kappa shape index (κ1) is 15.2. The van der Waals surface area contributed by atoms with E-state index in [1.165, 1.54) is 11.2 Å². The Morgan fingerprint density at radius 1 is 1.23 bits per heavy atom. The van der Waals surface area contributed by atoms with Crippen LogP contribution in [-0.2, 0) is 0 Å². The van der Waals surface area contributed by atoms with Crippen molar-refractivity contribution in [1.29, 1.82) is 0 Å². The molecule has 5 nitrogen and oxygen atoms in total. The van der Waals surface area contributed by atoms with Crippen molar-refractivity contribution in [2.24, 2.45) is 0 Å². The number of aromatic nitrogens is 3. The van der Waals surface area contributed by atoms with Gasteiger partial charge in [-0.1, -0.05) is 15.9 Å². The molecule has 0 unspecified atom stereocenters. The van der Waals surface area contributed by atoms with Gasteiger partial charge in [-0.05, 0) is 57.4 Å². The third kappa shape index (κ3) is 2.92. The fraction of sp³-hybridized carbons (Fsp3) is 0.438. The highest BCUT2D eigenvalue weighted by atomic mass is 79.9. The van der Waals surface area contributed by atoms with Gasteiger partial charge in [0.05, 0.1) is 11.4 Å². The van der Waals surface area contributed by atoms with Crippen molar-refractivity contribution < 1.29 is 4.79 Å². The molecule has 1 aromatic heterocycles. The molecule has 2 aromatic rings. The number of likely N-dealkylation sites (tertiary alicyclic amines) is 1. The zero-order valence-electron chi connectivity index (χ0n) is 12.8. The van der Waals surface area contributed by atoms with Gasteiger partial charge < -0.3 is 4.90 Å². The molecule has 0 N–H and O–H groups in total. The van der Waals surface area contributed by atoms with Crippen LogP contribution in [0.4, 0.5) is 0 Å². The Kier molecular flexibility index (Phi) is 4.29. The Hall–Kier alpha value is -1.69. The standard InChI is InChI=1S/C16H19BrN4O/c1-11-5-3-4-10-20(11)16(22)15-12(2)18-21(19-15)14-8-6-13(17)7-9-14/h6-9,11H,3-5,10H2,1-2H3/t11-/m0/s1. The largest absolute Gasteiger partial charge is 0.334 e. The summed E-state index contributed by atoms with van der Waals surface area (Å²) in [6.07, 6.45) is 3.32. The van der Waals surface area contributed by atoms with Crippen LogP contribution in [0.2, 0.25) is 0 Å². The summed E-state index contributed by atoms with van der Waals surface area (Å²) >= 11 is 3.41. The molecule has 0 bridgehead atoms. The Morgan fingerprint density at radius 3 is 2.64 bits per heavy atom. The van der Waals surface area contributed by atoms with Gasteiger partial charge in [0, 0.05) is 17.1 Å². The molecule has 1 amide bonds. The monoisotopic (exact) mass is 362 g/mol. The lowest BCUT2D eigenvalue weighted by atomic mass is 10.0. The molecule has 1 aromatic carbocycles. The van der Waals surface area contributed by atoms with E-state index in [2.05, 4.69) is 33.1 Å². The summed E-state index contributed by atoms with van der Waals surface area (Å²) < 4.78 is 0.999. The number of piperidine rings is 1. The summed E-state index contributed by atoms with van der Waals surface area (Å²) in [6, 6.07) is 7.98. The number of hydrogen-bond donors (Lipinski definition) is 0. The Labute approximate surface area is 138 Å². The Bertz CT molecular complexity index is 680. The van der Waals surface area contributed by atoms with Gasteiger partial charge in [-0.25, -0.2) is 0 Å². The smallest absolute Gasteiger partial charge is 0.276 e. The quantitative estimate of drug-likeness (QED) is 0.822. The fourth-order valence-electron chi connectivity index (χ4n) is 2.80. The number of hydrogen-bond acceptors (Lipinski definition) is 3. The molecule has 0 saturated carbocycles. The van der Waals surface area contributed by atoms with E-state index in [-0.39, 0.29) is 11.9 Å². The highest BCUT2D eigenvalue weighted by Gasteiger charge is 2.27. The van der Waals surface area contributed by atoms with Crippen LogP contribution in [0, 0.1) is 6.92 Å². The zero-order chi connectivity index (χ0) is 15.7. The van der Waals surface area contributed by atoms with Crippen molar-refractivity contribution in [1.82, 2.24) is 19.9 Å². The van der Waals surface area contributed by atoms with E-state index in [0.717, 1.165) is 29.5 Å². The van der Waals surface area contributed by atoms with Crippen LogP contribution in [0.25, 0.3) is 5.69 Å². The lowest BCUT2D eigenvalue weighted by Gasteiger charge is -2.32. The molecule has 3 rings (SSSR count). The number of aryl methyl sites for hydroxylation is 1. The van der Waals surface area contributed by atoms with Crippen LogP contribution in [-0.4, -0.2) is 38.4 Å². The summed E-state index contributed by atoms with van der Waals surface area (Å²) in [5.41, 5.74) is 1.97. The second kappa shape index (κ2) is 6.20. The maximum Gasteiger partial charge on any atom is 0.276 e. The first-order valence-corrected chi connectivity index (χ1v) is 8.36. The normalized spacial score (nSPS) is 18.5. The third-order valence-electron chi connectivity index (χ3n) is 4.11. The number of rotatable bonds is 2. The topological polar surface area (TPSA) is 51.0 Å². The van der Waals surface area contributed by atoms with Crippen LogP contribution in [0.1, 0.15) is 42.4 Å². The van der Waals surface area contributed by atoms with Crippen molar-refractivity contribution in [2.75, 3.05) is 6.54 Å². The highest BCUT2D eigenvalue weighted by Crippen LogP contribution is 2.20. The molecule has 1 aliphatic rings. The first-order chi connectivity index (χ1) is 10.6. The number of benzene rings is 1. The van der Waals surface area contributed by atoms with Gasteiger partial charge in [-0.3, -0.25) is 4.79 Å². The van der Waals surface area contributed by atoms with E-state index in [9.17, 15) is 4.79 Å². The van der Waals surface area contributed by atoms with E-state index < -0.39 is 0 Å². The van der Waals surface area contributed by atoms with Crippen LogP contribution >= 0.6 is 15.9 Å². The minimum atomic E-state index is -0.00642. The van der Waals surface area contributed by atoms with Crippen molar-refractivity contribution in [3.63, 3.8) is 0 Å². The SMILES string of the molecule is Cc1nn(-c2ccc(Br)cc2)nc1C(=O)N1CCCC[C@@H]1C. The van der Waals surface area contributed by atoms with E-state index in [1.807, 2.05) is 36.1 Å². The van der Waals surface area contributed by atoms with Crippen molar-refractivity contribution >= 4 is 21.8 Å². The highest BCUT2D eigenvalue weighted by molar-refractivity contribution is 9.10. The second-order valence-corrected chi connectivity index (χ2v) is 6.66. The minimum Gasteiger partial charge on any atom is -0.334 e. The average molecular weight is 363 g/mol. The minimum absolute atomic E-state index is 0.00642. The Morgan fingerprint density at radius 2 is 1.95 bits per heavy atom. The van der Waals surface area contributed by atoms with Gasteiger partial charge in [0.25, 0.3) is 5.91 Å². The molecule has 1 fully saturated rings. The molecule has 0 radical (unpaired) electrons. The average Bonchev–Trinajstić information content (AvgIpc) is 2.90. The second-order valence-electron chi connectivity index (χ2n) is 5.74. The molecule has 6 heteroatoms. The summed E-state index contributed by atoms with van der Waals surface area (Å²) in [6.45, 7) is 4.75. The molecule has 22 heavy (non-hydrogen) atoms. The molecule has 1 aliphatic heterocycles. The molecule has 116 valence electrons. The van der Waals surface area contributed by atoms with Gasteiger partial charge in [-0.15, -0.1) is 5.10 Å². The van der Waals surface area contributed by atoms with Crippen LogP contribution in [0.5, 0.6) is 0 Å². The van der Waals surface area contributed by atoms with Crippen LogP contribution < -0.4 is 0 Å². The third-order valence-corrected chi connectivity index (χ3v) is 4.63. The van der Waals surface area contributed by atoms with Crippen molar-refractivity contribution in [2.45, 2.75) is 39.2 Å². The maximum atomic E-state index is 12.7. The Balaban J connectivity index is 1.88. The van der Waals surface area contributed by atoms with Crippen LogP contribution in [0.3, 0.4) is 0 Å². The van der Waals surface area contributed by atoms with E-state index in [0.29, 0.717) is 11.4 Å².